The fourth-order valence-corrected chi connectivity index (χ4v) is 10.4. The Labute approximate surface area is 327 Å². The standard InChI is InChI=1S/C47H51NO6S/c1-31-9-7-22-46(2)41(39-20-16-32(25-36(49)18-15-31)26-40(39)44(50)43-28-35-12-5-6-14-42(35)55-43)21-23-47(46,52)30-48(29-38-13-8-24-53-38)45(51)54-37-19-17-33-10-3-4-11-34(33)27-37/h3-6,9-12,14,16-17,19-20,26-28,36,38,41,49,52H,7-8,13,15,18,21-25,29-30H2,1-2H3/t36-,38+,41-,46-,47+/m0/s1. The number of hydrogen-bond acceptors (Lipinski definition) is 7. The lowest BCUT2D eigenvalue weighted by Gasteiger charge is -2.46. The number of carbonyl (C=O) groups is 2. The van der Waals surface area contributed by atoms with Crippen molar-refractivity contribution in [1.29, 1.82) is 0 Å². The van der Waals surface area contributed by atoms with Crippen LogP contribution in [0.5, 0.6) is 5.75 Å². The van der Waals surface area contributed by atoms with Crippen LogP contribution >= 0.6 is 11.3 Å². The van der Waals surface area contributed by atoms with Gasteiger partial charge >= 0.3 is 6.09 Å². The van der Waals surface area contributed by atoms with Crippen LogP contribution in [0.3, 0.4) is 0 Å². The molecule has 2 heterocycles. The molecule has 0 spiro atoms. The molecule has 9 rings (SSSR count). The summed E-state index contributed by atoms with van der Waals surface area (Å²) in [5.41, 5.74) is 1.69. The molecule has 4 aliphatic rings. The summed E-state index contributed by atoms with van der Waals surface area (Å²) >= 11 is 1.50. The van der Waals surface area contributed by atoms with Crippen LogP contribution < -0.4 is 4.74 Å². The maximum Gasteiger partial charge on any atom is 0.415 e. The molecule has 0 radical (unpaired) electrons. The first kappa shape index (κ1) is 37.6. The number of rotatable bonds is 7. The molecular formula is C47H51NO6S. The Hall–Kier alpha value is -4.34. The number of aliphatic hydroxyl groups excluding tert-OH is 1. The van der Waals surface area contributed by atoms with Gasteiger partial charge in [0.15, 0.2) is 0 Å². The SMILES string of the molecule is CC1=CCC[C@@]2(C)[C@@H](CC[C@@]2(O)CN(C[C@H]2CCCO2)C(=O)Oc2ccc3ccccc3c2)c2ccc(cc2C(=O)c2cc3ccccc3s2)C[C@@H](O)CC1. The van der Waals surface area contributed by atoms with Crippen LogP contribution in [-0.2, 0) is 11.2 Å². The zero-order valence-electron chi connectivity index (χ0n) is 31.8. The molecule has 55 heavy (non-hydrogen) atoms. The summed E-state index contributed by atoms with van der Waals surface area (Å²) in [4.78, 5) is 31.2. The summed E-state index contributed by atoms with van der Waals surface area (Å²) in [5.74, 6) is 0.256. The van der Waals surface area contributed by atoms with Crippen molar-refractivity contribution >= 4 is 44.1 Å². The van der Waals surface area contributed by atoms with E-state index < -0.39 is 23.2 Å². The summed E-state index contributed by atoms with van der Waals surface area (Å²) in [5, 5.41) is 27.2. The van der Waals surface area contributed by atoms with Gasteiger partial charge in [-0.3, -0.25) is 4.79 Å². The van der Waals surface area contributed by atoms with Gasteiger partial charge < -0.3 is 24.6 Å². The monoisotopic (exact) mass is 757 g/mol. The highest BCUT2D eigenvalue weighted by Gasteiger charge is 2.58. The third kappa shape index (κ3) is 7.75. The lowest BCUT2D eigenvalue weighted by molar-refractivity contribution is -0.0831. The second kappa shape index (κ2) is 15.7. The van der Waals surface area contributed by atoms with Crippen molar-refractivity contribution in [2.45, 2.75) is 95.4 Å². The second-order valence-electron chi connectivity index (χ2n) is 16.3. The topological polar surface area (TPSA) is 96.3 Å². The van der Waals surface area contributed by atoms with E-state index in [9.17, 15) is 19.8 Å². The predicted octanol–water partition coefficient (Wildman–Crippen LogP) is 10.0. The number of allylic oxidation sites excluding steroid dienone is 2. The molecule has 2 fully saturated rings. The Bertz CT molecular complexity index is 2200. The molecule has 7 nitrogen and oxygen atoms in total. The number of carbonyl (C=O) groups excluding carboxylic acids is 2. The molecule has 1 saturated carbocycles. The highest BCUT2D eigenvalue weighted by Crippen LogP contribution is 2.59. The van der Waals surface area contributed by atoms with E-state index in [0.717, 1.165) is 57.7 Å². The van der Waals surface area contributed by atoms with Gasteiger partial charge in [0.05, 0.1) is 35.8 Å². The zero-order chi connectivity index (χ0) is 38.2. The fraction of sp³-hybridized carbons (Fsp3) is 0.404. The third-order valence-electron chi connectivity index (χ3n) is 12.7. The Kier molecular flexibility index (Phi) is 10.7. The van der Waals surface area contributed by atoms with Gasteiger partial charge in [-0.15, -0.1) is 11.3 Å². The summed E-state index contributed by atoms with van der Waals surface area (Å²) in [6, 6.07) is 29.8. The number of hydrogen-bond donors (Lipinski definition) is 2. The minimum Gasteiger partial charge on any atom is -0.410 e. The van der Waals surface area contributed by atoms with E-state index >= 15 is 0 Å². The van der Waals surface area contributed by atoms with Gasteiger partial charge in [-0.1, -0.05) is 79.2 Å². The van der Waals surface area contributed by atoms with Gasteiger partial charge in [-0.05, 0) is 128 Å². The molecule has 8 heteroatoms. The van der Waals surface area contributed by atoms with Crippen molar-refractivity contribution in [3.05, 3.63) is 124 Å². The summed E-state index contributed by atoms with van der Waals surface area (Å²) in [6.07, 6.45) is 7.19. The third-order valence-corrected chi connectivity index (χ3v) is 13.8. The lowest BCUT2D eigenvalue weighted by atomic mass is 9.64. The van der Waals surface area contributed by atoms with E-state index in [-0.39, 0.29) is 24.3 Å². The number of benzene rings is 4. The smallest absolute Gasteiger partial charge is 0.410 e. The Morgan fingerprint density at radius 3 is 2.53 bits per heavy atom. The van der Waals surface area contributed by atoms with Crippen LogP contribution in [0.25, 0.3) is 20.9 Å². The van der Waals surface area contributed by atoms with Gasteiger partial charge in [-0.25, -0.2) is 4.79 Å². The van der Waals surface area contributed by atoms with Gasteiger partial charge in [0, 0.05) is 22.3 Å². The van der Waals surface area contributed by atoms with Crippen LogP contribution in [-0.4, -0.2) is 64.5 Å². The van der Waals surface area contributed by atoms with Crippen molar-refractivity contribution in [3.8, 4) is 5.75 Å². The molecule has 1 aromatic heterocycles. The average Bonchev–Trinajstić information content (AvgIpc) is 3.92. The summed E-state index contributed by atoms with van der Waals surface area (Å²) < 4.78 is 13.2. The predicted molar refractivity (Wildman–Crippen MR) is 219 cm³/mol. The maximum atomic E-state index is 14.6. The van der Waals surface area contributed by atoms with Gasteiger partial charge in [0.1, 0.15) is 5.75 Å². The Balaban J connectivity index is 1.17. The molecule has 2 N–H and O–H groups in total. The van der Waals surface area contributed by atoms with E-state index in [4.69, 9.17) is 9.47 Å². The maximum absolute atomic E-state index is 14.6. The first-order valence-electron chi connectivity index (χ1n) is 19.9. The number of fused-ring (bicyclic) bond motifs is 10. The highest BCUT2D eigenvalue weighted by molar-refractivity contribution is 7.21. The molecule has 2 bridgehead atoms. The Morgan fingerprint density at radius 1 is 0.927 bits per heavy atom. The van der Waals surface area contributed by atoms with Crippen molar-refractivity contribution < 1.29 is 29.3 Å². The molecule has 1 aliphatic heterocycles. The van der Waals surface area contributed by atoms with Gasteiger partial charge in [0.25, 0.3) is 0 Å². The minimum absolute atomic E-state index is 0.0351. The van der Waals surface area contributed by atoms with E-state index in [1.807, 2.05) is 78.9 Å². The first-order valence-corrected chi connectivity index (χ1v) is 20.7. The van der Waals surface area contributed by atoms with Crippen molar-refractivity contribution in [3.63, 3.8) is 0 Å². The molecule has 1 amide bonds. The number of ether oxygens (including phenoxy) is 2. The summed E-state index contributed by atoms with van der Waals surface area (Å²) in [7, 11) is 0. The zero-order valence-corrected chi connectivity index (χ0v) is 32.7. The van der Waals surface area contributed by atoms with Crippen molar-refractivity contribution in [2.75, 3.05) is 19.7 Å². The number of nitrogens with zero attached hydrogens (tertiary/aromatic N) is 1. The van der Waals surface area contributed by atoms with Crippen molar-refractivity contribution in [1.82, 2.24) is 4.90 Å². The van der Waals surface area contributed by atoms with Gasteiger partial charge in [0.2, 0.25) is 5.78 Å². The van der Waals surface area contributed by atoms with E-state index in [0.29, 0.717) is 61.4 Å². The summed E-state index contributed by atoms with van der Waals surface area (Å²) in [6.45, 7) is 5.32. The van der Waals surface area contributed by atoms with Crippen molar-refractivity contribution in [2.24, 2.45) is 5.41 Å². The highest BCUT2D eigenvalue weighted by atomic mass is 32.1. The van der Waals surface area contributed by atoms with Crippen LogP contribution in [0.1, 0.15) is 97.5 Å². The molecule has 5 aromatic rings. The molecule has 286 valence electrons. The largest absolute Gasteiger partial charge is 0.415 e. The van der Waals surface area contributed by atoms with Crippen LogP contribution in [0, 0.1) is 5.41 Å². The number of thiophene rings is 1. The second-order valence-corrected chi connectivity index (χ2v) is 17.4. The molecular weight excluding hydrogens is 707 g/mol. The first-order chi connectivity index (χ1) is 26.6. The molecule has 5 atom stereocenters. The lowest BCUT2D eigenvalue weighted by Crippen LogP contribution is -2.55. The minimum atomic E-state index is -1.29. The van der Waals surface area contributed by atoms with E-state index in [1.54, 1.807) is 4.90 Å². The normalized spacial score (nSPS) is 25.7. The van der Waals surface area contributed by atoms with E-state index in [1.165, 1.54) is 16.9 Å². The van der Waals surface area contributed by atoms with Crippen LogP contribution in [0.2, 0.25) is 0 Å². The van der Waals surface area contributed by atoms with Crippen LogP contribution in [0.15, 0.2) is 103 Å². The number of aliphatic hydroxyl groups is 2. The number of amides is 1. The molecule has 4 aromatic carbocycles. The van der Waals surface area contributed by atoms with Crippen LogP contribution in [0.4, 0.5) is 4.79 Å². The quantitative estimate of drug-likeness (QED) is 0.127. The van der Waals surface area contributed by atoms with Gasteiger partial charge in [-0.2, -0.15) is 0 Å². The Morgan fingerprint density at radius 2 is 1.73 bits per heavy atom. The molecule has 0 unspecified atom stereocenters. The molecule has 3 aliphatic carbocycles. The van der Waals surface area contributed by atoms with E-state index in [2.05, 4.69) is 32.1 Å². The fourth-order valence-electron chi connectivity index (χ4n) is 9.37. The number of ketones is 1. The molecule has 1 saturated heterocycles. The average molecular weight is 758 g/mol.